The molecule has 0 spiro atoms. The average molecular weight is 257 g/mol. The van der Waals surface area contributed by atoms with Gasteiger partial charge in [0.15, 0.2) is 5.78 Å². The van der Waals surface area contributed by atoms with Crippen molar-refractivity contribution in [3.8, 4) is 0 Å². The quantitative estimate of drug-likeness (QED) is 0.774. The van der Waals surface area contributed by atoms with Crippen LogP contribution in [0.15, 0.2) is 0 Å². The molecule has 0 N–H and O–H groups in total. The highest BCUT2D eigenvalue weighted by molar-refractivity contribution is 5.87. The van der Waals surface area contributed by atoms with E-state index in [4.69, 9.17) is 9.47 Å². The summed E-state index contributed by atoms with van der Waals surface area (Å²) in [6.07, 6.45) is 0.311. The van der Waals surface area contributed by atoms with Crippen LogP contribution in [0.25, 0.3) is 0 Å². The van der Waals surface area contributed by atoms with Gasteiger partial charge in [0.2, 0.25) is 0 Å². The Morgan fingerprint density at radius 2 is 1.94 bits per heavy atom. The molecule has 1 aliphatic rings. The molecule has 5 heteroatoms. The fourth-order valence-corrected chi connectivity index (χ4v) is 1.98. The molecular formula is C13H23NO4. The van der Waals surface area contributed by atoms with Crippen LogP contribution in [0.5, 0.6) is 0 Å². The first kappa shape index (κ1) is 15.0. The van der Waals surface area contributed by atoms with E-state index in [1.165, 1.54) is 7.11 Å². The van der Waals surface area contributed by atoms with Crippen LogP contribution in [-0.4, -0.2) is 49.2 Å². The molecule has 1 fully saturated rings. The molecule has 0 aliphatic carbocycles. The van der Waals surface area contributed by atoms with Crippen LogP contribution in [0.1, 0.15) is 34.1 Å². The maximum atomic E-state index is 11.9. The minimum absolute atomic E-state index is 0.0380. The highest BCUT2D eigenvalue weighted by Crippen LogP contribution is 2.31. The average Bonchev–Trinajstić information content (AvgIpc) is 2.60. The highest BCUT2D eigenvalue weighted by Gasteiger charge is 2.42. The number of hydrogen-bond donors (Lipinski definition) is 0. The van der Waals surface area contributed by atoms with Crippen molar-refractivity contribution in [2.75, 3.05) is 26.8 Å². The van der Waals surface area contributed by atoms with Gasteiger partial charge in [-0.1, -0.05) is 6.92 Å². The molecule has 0 aromatic heterocycles. The summed E-state index contributed by atoms with van der Waals surface area (Å²) in [5, 5.41) is 0. The second-order valence-corrected chi connectivity index (χ2v) is 6.07. The molecule has 18 heavy (non-hydrogen) atoms. The van der Waals surface area contributed by atoms with E-state index in [9.17, 15) is 9.59 Å². The zero-order chi connectivity index (χ0) is 14.0. The molecule has 0 aromatic carbocycles. The van der Waals surface area contributed by atoms with Crippen molar-refractivity contribution in [2.45, 2.75) is 39.7 Å². The van der Waals surface area contributed by atoms with E-state index < -0.39 is 11.0 Å². The van der Waals surface area contributed by atoms with Crippen LogP contribution in [0.2, 0.25) is 0 Å². The molecule has 5 nitrogen and oxygen atoms in total. The molecule has 1 aliphatic heterocycles. The molecule has 0 radical (unpaired) electrons. The summed E-state index contributed by atoms with van der Waals surface area (Å²) in [4.78, 5) is 25.4. The van der Waals surface area contributed by atoms with Gasteiger partial charge in [-0.05, 0) is 27.2 Å². The second-order valence-electron chi connectivity index (χ2n) is 6.07. The first-order chi connectivity index (χ1) is 8.18. The summed E-state index contributed by atoms with van der Waals surface area (Å²) in [5.74, 6) is 0.0380. The van der Waals surface area contributed by atoms with Gasteiger partial charge in [-0.2, -0.15) is 0 Å². The van der Waals surface area contributed by atoms with E-state index in [-0.39, 0.29) is 18.5 Å². The third-order valence-electron chi connectivity index (χ3n) is 3.07. The van der Waals surface area contributed by atoms with Crippen molar-refractivity contribution >= 4 is 11.9 Å². The molecule has 1 atom stereocenters. The highest BCUT2D eigenvalue weighted by atomic mass is 16.6. The predicted molar refractivity (Wildman–Crippen MR) is 67.4 cm³/mol. The first-order valence-corrected chi connectivity index (χ1v) is 6.18. The summed E-state index contributed by atoms with van der Waals surface area (Å²) in [6.45, 7) is 8.42. The Labute approximate surface area is 108 Å². The standard InChI is InChI=1S/C13H23NO4/c1-12(2,3)18-11(16)14-7-6-13(4,9-14)10(15)8-17-5/h6-9H2,1-5H3. The van der Waals surface area contributed by atoms with Gasteiger partial charge < -0.3 is 14.4 Å². The molecule has 1 saturated heterocycles. The lowest BCUT2D eigenvalue weighted by molar-refractivity contribution is -0.131. The Bertz CT molecular complexity index is 334. The molecule has 0 saturated carbocycles. The summed E-state index contributed by atoms with van der Waals surface area (Å²) in [7, 11) is 1.50. The Kier molecular flexibility index (Phi) is 4.37. The summed E-state index contributed by atoms with van der Waals surface area (Å²) in [6, 6.07) is 0. The van der Waals surface area contributed by atoms with E-state index >= 15 is 0 Å². The van der Waals surface area contributed by atoms with E-state index in [0.717, 1.165) is 0 Å². The number of rotatable bonds is 3. The SMILES string of the molecule is COCC(=O)C1(C)CCN(C(=O)OC(C)(C)C)C1. The third-order valence-corrected chi connectivity index (χ3v) is 3.07. The monoisotopic (exact) mass is 257 g/mol. The molecular weight excluding hydrogens is 234 g/mol. The van der Waals surface area contributed by atoms with Crippen molar-refractivity contribution in [3.63, 3.8) is 0 Å². The van der Waals surface area contributed by atoms with Crippen molar-refractivity contribution in [1.82, 2.24) is 4.90 Å². The first-order valence-electron chi connectivity index (χ1n) is 6.18. The number of amides is 1. The smallest absolute Gasteiger partial charge is 0.410 e. The number of carbonyl (C=O) groups excluding carboxylic acids is 2. The Hall–Kier alpha value is -1.10. The number of ether oxygens (including phenoxy) is 2. The minimum Gasteiger partial charge on any atom is -0.444 e. The Morgan fingerprint density at radius 1 is 1.33 bits per heavy atom. The van der Waals surface area contributed by atoms with Gasteiger partial charge >= 0.3 is 6.09 Å². The largest absolute Gasteiger partial charge is 0.444 e. The number of methoxy groups -OCH3 is 1. The number of likely N-dealkylation sites (tertiary alicyclic amines) is 1. The van der Waals surface area contributed by atoms with Crippen LogP contribution in [-0.2, 0) is 14.3 Å². The van der Waals surface area contributed by atoms with E-state index in [2.05, 4.69) is 0 Å². The predicted octanol–water partition coefficient (Wildman–Crippen LogP) is 1.85. The van der Waals surface area contributed by atoms with Crippen molar-refractivity contribution in [3.05, 3.63) is 0 Å². The molecule has 104 valence electrons. The summed E-state index contributed by atoms with van der Waals surface area (Å²) < 4.78 is 10.2. The number of Topliss-reactive ketones (excluding diaryl/α,β-unsaturated/α-hetero) is 1. The zero-order valence-corrected chi connectivity index (χ0v) is 11.9. The lowest BCUT2D eigenvalue weighted by Crippen LogP contribution is -2.39. The maximum absolute atomic E-state index is 11.9. The normalized spacial score (nSPS) is 24.2. The van der Waals surface area contributed by atoms with E-state index in [1.807, 2.05) is 27.7 Å². The minimum atomic E-state index is -0.507. The van der Waals surface area contributed by atoms with Gasteiger partial charge in [0.1, 0.15) is 12.2 Å². The molecule has 1 heterocycles. The summed E-state index contributed by atoms with van der Waals surface area (Å²) >= 11 is 0. The number of hydrogen-bond acceptors (Lipinski definition) is 4. The molecule has 1 unspecified atom stereocenters. The zero-order valence-electron chi connectivity index (χ0n) is 11.9. The van der Waals surface area contributed by atoms with Crippen molar-refractivity contribution in [1.29, 1.82) is 0 Å². The van der Waals surface area contributed by atoms with Gasteiger partial charge in [0.25, 0.3) is 0 Å². The molecule has 0 aromatic rings. The Morgan fingerprint density at radius 3 is 2.44 bits per heavy atom. The summed E-state index contributed by atoms with van der Waals surface area (Å²) in [5.41, 5.74) is -1.01. The van der Waals surface area contributed by atoms with Crippen LogP contribution < -0.4 is 0 Å². The van der Waals surface area contributed by atoms with Gasteiger partial charge in [0.05, 0.1) is 0 Å². The number of nitrogens with zero attached hydrogens (tertiary/aromatic N) is 1. The topological polar surface area (TPSA) is 55.8 Å². The van der Waals surface area contributed by atoms with Gasteiger partial charge in [-0.3, -0.25) is 4.79 Å². The third kappa shape index (κ3) is 3.70. The van der Waals surface area contributed by atoms with Crippen molar-refractivity contribution in [2.24, 2.45) is 5.41 Å². The maximum Gasteiger partial charge on any atom is 0.410 e. The van der Waals surface area contributed by atoms with Crippen molar-refractivity contribution < 1.29 is 19.1 Å². The van der Waals surface area contributed by atoms with E-state index in [1.54, 1.807) is 4.90 Å². The number of ketones is 1. The van der Waals surface area contributed by atoms with E-state index in [0.29, 0.717) is 19.5 Å². The molecule has 1 amide bonds. The van der Waals surface area contributed by atoms with Crippen LogP contribution >= 0.6 is 0 Å². The molecule has 0 bridgehead atoms. The van der Waals surface area contributed by atoms with Crippen LogP contribution in [0, 0.1) is 5.41 Å². The lowest BCUT2D eigenvalue weighted by atomic mass is 9.85. The fourth-order valence-electron chi connectivity index (χ4n) is 1.98. The van der Waals surface area contributed by atoms with Crippen LogP contribution in [0.4, 0.5) is 4.79 Å². The molecule has 1 rings (SSSR count). The number of carbonyl (C=O) groups is 2. The van der Waals surface area contributed by atoms with Gasteiger partial charge in [-0.15, -0.1) is 0 Å². The fraction of sp³-hybridized carbons (Fsp3) is 0.846. The van der Waals surface area contributed by atoms with Gasteiger partial charge in [-0.25, -0.2) is 4.79 Å². The van der Waals surface area contributed by atoms with Crippen LogP contribution in [0.3, 0.4) is 0 Å². The van der Waals surface area contributed by atoms with Gasteiger partial charge in [0, 0.05) is 25.6 Å². The Balaban J connectivity index is 2.60. The second kappa shape index (κ2) is 5.26. The lowest BCUT2D eigenvalue weighted by Gasteiger charge is -2.26.